The number of allylic oxidation sites excluding steroid dienone is 1. The van der Waals surface area contributed by atoms with Crippen LogP contribution in [0.3, 0.4) is 0 Å². The number of amides is 3. The number of aliphatic carboxylic acids is 1. The Labute approximate surface area is 230 Å². The van der Waals surface area contributed by atoms with Gasteiger partial charge in [-0.15, -0.1) is 0 Å². The molecule has 0 aliphatic carbocycles. The van der Waals surface area contributed by atoms with Gasteiger partial charge in [-0.1, -0.05) is 45.0 Å². The van der Waals surface area contributed by atoms with Crippen molar-refractivity contribution in [2.24, 2.45) is 28.3 Å². The average Bonchev–Trinajstić information content (AvgIpc) is 3.23. The predicted octanol–water partition coefficient (Wildman–Crippen LogP) is 1.64. The van der Waals surface area contributed by atoms with Crippen LogP contribution in [0.2, 0.25) is 0 Å². The molecule has 7 N–H and O–H groups in total. The summed E-state index contributed by atoms with van der Waals surface area (Å²) in [6.07, 6.45) is 3.59. The average molecular weight is 543 g/mol. The fourth-order valence-electron chi connectivity index (χ4n) is 4.76. The third kappa shape index (κ3) is 9.12. The van der Waals surface area contributed by atoms with Gasteiger partial charge >= 0.3 is 5.97 Å². The van der Waals surface area contributed by atoms with E-state index in [0.717, 1.165) is 5.57 Å². The quantitative estimate of drug-likeness (QED) is 0.109. The molecule has 0 radical (unpaired) electrons. The molecule has 0 saturated carbocycles. The summed E-state index contributed by atoms with van der Waals surface area (Å²) in [6.45, 7) is 8.03. The van der Waals surface area contributed by atoms with Gasteiger partial charge in [0.15, 0.2) is 5.96 Å². The van der Waals surface area contributed by atoms with Crippen molar-refractivity contribution in [3.8, 4) is 0 Å². The third-order valence-electron chi connectivity index (χ3n) is 6.83. The van der Waals surface area contributed by atoms with Gasteiger partial charge in [0.1, 0.15) is 18.1 Å². The monoisotopic (exact) mass is 542 g/mol. The van der Waals surface area contributed by atoms with E-state index in [2.05, 4.69) is 15.6 Å². The molecule has 4 atom stereocenters. The van der Waals surface area contributed by atoms with E-state index >= 15 is 0 Å². The molecule has 39 heavy (non-hydrogen) atoms. The molecular weight excluding hydrogens is 500 g/mol. The zero-order valence-electron chi connectivity index (χ0n) is 23.2. The van der Waals surface area contributed by atoms with Crippen LogP contribution in [-0.4, -0.2) is 70.9 Å². The zero-order valence-corrected chi connectivity index (χ0v) is 23.2. The highest BCUT2D eigenvalue weighted by Gasteiger charge is 2.44. The second-order valence-electron chi connectivity index (χ2n) is 10.3. The number of unbranched alkanes of at least 4 members (excludes halogenated alkanes) is 1. The number of nitrogens with zero attached hydrogens (tertiary/aromatic N) is 2. The normalized spacial score (nSPS) is 19.4. The summed E-state index contributed by atoms with van der Waals surface area (Å²) in [4.78, 5) is 57.6. The maximum absolute atomic E-state index is 13.9. The van der Waals surface area contributed by atoms with Gasteiger partial charge in [0.05, 0.1) is 0 Å². The summed E-state index contributed by atoms with van der Waals surface area (Å²) in [5, 5.41) is 15.1. The zero-order chi connectivity index (χ0) is 29.1. The van der Waals surface area contributed by atoms with Crippen LogP contribution >= 0.6 is 0 Å². The first-order valence-corrected chi connectivity index (χ1v) is 13.4. The maximum atomic E-state index is 13.9. The van der Waals surface area contributed by atoms with Crippen LogP contribution in [0.1, 0.15) is 63.7 Å². The number of guanidine groups is 1. The van der Waals surface area contributed by atoms with E-state index in [1.165, 1.54) is 4.90 Å². The van der Waals surface area contributed by atoms with Crippen LogP contribution in [0, 0.1) is 11.8 Å². The van der Waals surface area contributed by atoms with Gasteiger partial charge in [0.2, 0.25) is 11.8 Å². The Balaban J connectivity index is 2.30. The summed E-state index contributed by atoms with van der Waals surface area (Å²) in [6, 6.07) is 5.69. The van der Waals surface area contributed by atoms with Crippen LogP contribution in [0.5, 0.6) is 0 Å². The molecule has 1 fully saturated rings. The molecule has 1 aromatic rings. The van der Waals surface area contributed by atoms with Crippen molar-refractivity contribution < 1.29 is 24.3 Å². The van der Waals surface area contributed by atoms with Crippen molar-refractivity contribution in [3.63, 3.8) is 0 Å². The Morgan fingerprint density at radius 2 is 1.77 bits per heavy atom. The molecule has 3 amide bonds. The second-order valence-corrected chi connectivity index (χ2v) is 10.3. The van der Waals surface area contributed by atoms with Crippen LogP contribution < -0.4 is 22.1 Å². The Bertz CT molecular complexity index is 1070. The molecule has 0 aromatic heterocycles. The lowest BCUT2D eigenvalue weighted by Crippen LogP contribution is -2.56. The number of nitrogens with two attached hydrogens (primary N) is 2. The van der Waals surface area contributed by atoms with Crippen molar-refractivity contribution in [3.05, 3.63) is 47.5 Å². The largest absolute Gasteiger partial charge is 0.480 e. The molecule has 11 heteroatoms. The lowest BCUT2D eigenvalue weighted by atomic mass is 9.96. The van der Waals surface area contributed by atoms with E-state index in [4.69, 9.17) is 11.5 Å². The summed E-state index contributed by atoms with van der Waals surface area (Å²) in [5.74, 6) is -2.74. The van der Waals surface area contributed by atoms with Gasteiger partial charge in [0, 0.05) is 24.6 Å². The van der Waals surface area contributed by atoms with E-state index < -0.39 is 41.8 Å². The second kappa shape index (κ2) is 14.9. The summed E-state index contributed by atoms with van der Waals surface area (Å²) in [7, 11) is 0. The third-order valence-corrected chi connectivity index (χ3v) is 6.83. The standard InChI is InChI=1S/C28H42N6O5/c1-5-19-16-34(23(18(19)4)25(36)33-22(27(38)39)15-17(2)3)26(37)21(13-9-10-14-31-28(29)30)32-24(35)20-11-7-6-8-12-20/h5-8,11-12,17-18,21-23H,9-10,13-16H2,1-4H3,(H,32,35)(H,33,36)(H,38,39)(H4,29,30,31)/b19-5+/t18-,21+,22+,23-/m1/s1. The SMILES string of the molecule is C/C=C1\CN(C(=O)[C@H](CCCCN=C(N)N)NC(=O)c2ccccc2)[C@@H](C(=O)N[C@@H](CC(C)C)C(=O)O)[C@@H]1C. The van der Waals surface area contributed by atoms with Gasteiger partial charge in [-0.25, -0.2) is 4.79 Å². The predicted molar refractivity (Wildman–Crippen MR) is 150 cm³/mol. The van der Waals surface area contributed by atoms with E-state index in [9.17, 15) is 24.3 Å². The molecule has 11 nitrogen and oxygen atoms in total. The minimum Gasteiger partial charge on any atom is -0.480 e. The number of benzene rings is 1. The molecule has 0 bridgehead atoms. The number of hydrogen-bond donors (Lipinski definition) is 5. The Morgan fingerprint density at radius 1 is 1.10 bits per heavy atom. The number of carboxylic acid groups (broad SMARTS) is 1. The molecule has 1 aliphatic heterocycles. The van der Waals surface area contributed by atoms with E-state index in [0.29, 0.717) is 31.4 Å². The van der Waals surface area contributed by atoms with Gasteiger partial charge in [0.25, 0.3) is 5.91 Å². The molecule has 1 aromatic carbocycles. The van der Waals surface area contributed by atoms with Crippen LogP contribution in [-0.2, 0) is 14.4 Å². The number of carbonyl (C=O) groups is 4. The van der Waals surface area contributed by atoms with Gasteiger partial charge < -0.3 is 32.1 Å². The number of rotatable bonds is 13. The summed E-state index contributed by atoms with van der Waals surface area (Å²) < 4.78 is 0. The van der Waals surface area contributed by atoms with Gasteiger partial charge in [-0.05, 0) is 56.2 Å². The van der Waals surface area contributed by atoms with Crippen molar-refractivity contribution >= 4 is 29.7 Å². The molecular formula is C28H42N6O5. The number of likely N-dealkylation sites (tertiary alicyclic amines) is 1. The molecule has 214 valence electrons. The number of aliphatic imine (C=N–C) groups is 1. The molecule has 0 spiro atoms. The Kier molecular flexibility index (Phi) is 12.0. The smallest absolute Gasteiger partial charge is 0.326 e. The minimum atomic E-state index is -1.12. The first-order chi connectivity index (χ1) is 18.5. The lowest BCUT2D eigenvalue weighted by Gasteiger charge is -2.30. The van der Waals surface area contributed by atoms with E-state index in [1.54, 1.807) is 30.3 Å². The van der Waals surface area contributed by atoms with Crippen molar-refractivity contribution in [2.75, 3.05) is 13.1 Å². The maximum Gasteiger partial charge on any atom is 0.326 e. The highest BCUT2D eigenvalue weighted by molar-refractivity contribution is 5.99. The minimum absolute atomic E-state index is 0.0177. The molecule has 1 aliphatic rings. The lowest BCUT2D eigenvalue weighted by molar-refractivity contribution is -0.145. The van der Waals surface area contributed by atoms with Gasteiger partial charge in [-0.3, -0.25) is 19.4 Å². The van der Waals surface area contributed by atoms with Crippen molar-refractivity contribution in [1.29, 1.82) is 0 Å². The van der Waals surface area contributed by atoms with Crippen LogP contribution in [0.15, 0.2) is 47.0 Å². The van der Waals surface area contributed by atoms with Crippen LogP contribution in [0.4, 0.5) is 0 Å². The summed E-state index contributed by atoms with van der Waals surface area (Å²) in [5.41, 5.74) is 12.1. The number of hydrogen-bond acceptors (Lipinski definition) is 5. The fourth-order valence-corrected chi connectivity index (χ4v) is 4.76. The highest BCUT2D eigenvalue weighted by Crippen LogP contribution is 2.30. The summed E-state index contributed by atoms with van der Waals surface area (Å²) >= 11 is 0. The highest BCUT2D eigenvalue weighted by atomic mass is 16.4. The number of carbonyl (C=O) groups excluding carboxylic acids is 3. The van der Waals surface area contributed by atoms with Crippen LogP contribution in [0.25, 0.3) is 0 Å². The topological polar surface area (TPSA) is 180 Å². The fraction of sp³-hybridized carbons (Fsp3) is 0.536. The first-order valence-electron chi connectivity index (χ1n) is 13.4. The molecule has 1 heterocycles. The first kappa shape index (κ1) is 31.3. The molecule has 2 rings (SSSR count). The molecule has 1 saturated heterocycles. The number of carboxylic acids is 1. The Morgan fingerprint density at radius 3 is 2.33 bits per heavy atom. The van der Waals surface area contributed by atoms with Gasteiger partial charge in [-0.2, -0.15) is 0 Å². The Hall–Kier alpha value is -3.89. The van der Waals surface area contributed by atoms with E-state index in [1.807, 2.05) is 33.8 Å². The van der Waals surface area contributed by atoms with Crippen molar-refractivity contribution in [1.82, 2.24) is 15.5 Å². The number of nitrogens with one attached hydrogen (secondary N) is 2. The molecule has 0 unspecified atom stereocenters. The van der Waals surface area contributed by atoms with E-state index in [-0.39, 0.29) is 30.8 Å². The van der Waals surface area contributed by atoms with Crippen molar-refractivity contribution in [2.45, 2.75) is 71.5 Å².